The lowest BCUT2D eigenvalue weighted by molar-refractivity contribution is 0.475. The van der Waals surface area contributed by atoms with Gasteiger partial charge < -0.3 is 9.52 Å². The smallest absolute Gasteiger partial charge is 0.134 e. The van der Waals surface area contributed by atoms with Crippen molar-refractivity contribution in [2.24, 2.45) is 0 Å². The summed E-state index contributed by atoms with van der Waals surface area (Å²) < 4.78 is 5.55. The fourth-order valence-corrected chi connectivity index (χ4v) is 2.97. The van der Waals surface area contributed by atoms with Crippen LogP contribution >= 0.6 is 11.6 Å². The monoisotopic (exact) mass is 347 g/mol. The molecule has 0 bridgehead atoms. The van der Waals surface area contributed by atoms with Gasteiger partial charge in [-0.05, 0) is 42.5 Å². The van der Waals surface area contributed by atoms with Gasteiger partial charge in [0.2, 0.25) is 0 Å². The Kier molecular flexibility index (Phi) is 4.00. The van der Waals surface area contributed by atoms with Gasteiger partial charge in [-0.1, -0.05) is 41.9 Å². The molecule has 0 radical (unpaired) electrons. The molecule has 0 unspecified atom stereocenters. The Morgan fingerprint density at radius 2 is 1.64 bits per heavy atom. The average molecular weight is 348 g/mol. The predicted molar refractivity (Wildman–Crippen MR) is 99.5 cm³/mol. The van der Waals surface area contributed by atoms with E-state index in [0.717, 1.165) is 33.8 Å². The molecule has 2 aromatic heterocycles. The van der Waals surface area contributed by atoms with Gasteiger partial charge in [0.15, 0.2) is 0 Å². The highest BCUT2D eigenvalue weighted by Crippen LogP contribution is 2.33. The number of hydrogen-bond acceptors (Lipinski definition) is 3. The molecule has 2 heterocycles. The zero-order chi connectivity index (χ0) is 17.2. The normalized spacial score (nSPS) is 10.8. The quantitative estimate of drug-likeness (QED) is 0.491. The maximum Gasteiger partial charge on any atom is 0.134 e. The van der Waals surface area contributed by atoms with E-state index in [9.17, 15) is 5.11 Å². The van der Waals surface area contributed by atoms with Crippen molar-refractivity contribution in [3.8, 4) is 39.6 Å². The highest BCUT2D eigenvalue weighted by Gasteiger charge is 2.12. The van der Waals surface area contributed by atoms with Crippen molar-refractivity contribution in [3.05, 3.63) is 84.1 Å². The van der Waals surface area contributed by atoms with Gasteiger partial charge in [-0.25, -0.2) is 4.98 Å². The number of aromatic hydroxyl groups is 1. The van der Waals surface area contributed by atoms with E-state index in [1.807, 2.05) is 54.6 Å². The molecule has 0 aliphatic carbocycles. The van der Waals surface area contributed by atoms with E-state index in [0.29, 0.717) is 5.02 Å². The highest BCUT2D eigenvalue weighted by atomic mass is 35.5. The number of aromatic nitrogens is 1. The Hall–Kier alpha value is -3.04. The molecule has 4 rings (SSSR count). The number of phenols is 1. The SMILES string of the molecule is Oc1cccc(-c2cc(-c3ccco3)cc(-c3ccccc3Cl)n2)c1. The maximum atomic E-state index is 9.79. The molecular formula is C21H14ClNO2. The third kappa shape index (κ3) is 3.14. The van der Waals surface area contributed by atoms with Gasteiger partial charge in [-0.2, -0.15) is 0 Å². The number of halogens is 1. The van der Waals surface area contributed by atoms with Gasteiger partial charge in [0.1, 0.15) is 11.5 Å². The lowest BCUT2D eigenvalue weighted by Crippen LogP contribution is -1.91. The largest absolute Gasteiger partial charge is 0.508 e. The first-order valence-electron chi connectivity index (χ1n) is 7.81. The van der Waals surface area contributed by atoms with E-state index in [4.69, 9.17) is 21.0 Å². The van der Waals surface area contributed by atoms with Gasteiger partial charge in [0, 0.05) is 21.7 Å². The number of rotatable bonds is 3. The van der Waals surface area contributed by atoms with Gasteiger partial charge in [-0.3, -0.25) is 0 Å². The summed E-state index contributed by atoms with van der Waals surface area (Å²) in [6.45, 7) is 0. The van der Waals surface area contributed by atoms with E-state index in [1.54, 1.807) is 24.5 Å². The Bertz CT molecular complexity index is 1030. The lowest BCUT2D eigenvalue weighted by Gasteiger charge is -2.10. The fourth-order valence-electron chi connectivity index (χ4n) is 2.74. The third-order valence-corrected chi connectivity index (χ3v) is 4.25. The first-order valence-corrected chi connectivity index (χ1v) is 8.19. The fraction of sp³-hybridized carbons (Fsp3) is 0. The van der Waals surface area contributed by atoms with E-state index in [-0.39, 0.29) is 5.75 Å². The van der Waals surface area contributed by atoms with Gasteiger partial charge in [0.05, 0.1) is 17.7 Å². The summed E-state index contributed by atoms with van der Waals surface area (Å²) in [6, 6.07) is 22.2. The van der Waals surface area contributed by atoms with Crippen LogP contribution in [0.15, 0.2) is 83.5 Å². The van der Waals surface area contributed by atoms with Crippen molar-refractivity contribution < 1.29 is 9.52 Å². The molecule has 1 N–H and O–H groups in total. The minimum atomic E-state index is 0.196. The van der Waals surface area contributed by atoms with Crippen molar-refractivity contribution in [1.29, 1.82) is 0 Å². The number of pyridine rings is 1. The van der Waals surface area contributed by atoms with Crippen LogP contribution in [0, 0.1) is 0 Å². The summed E-state index contributed by atoms with van der Waals surface area (Å²) >= 11 is 6.36. The van der Waals surface area contributed by atoms with Crippen molar-refractivity contribution in [2.45, 2.75) is 0 Å². The molecule has 3 nitrogen and oxygen atoms in total. The molecule has 122 valence electrons. The molecule has 2 aromatic carbocycles. The second-order valence-electron chi connectivity index (χ2n) is 5.63. The summed E-state index contributed by atoms with van der Waals surface area (Å²) in [5.41, 5.74) is 4.05. The van der Waals surface area contributed by atoms with Crippen molar-refractivity contribution in [1.82, 2.24) is 4.98 Å². The van der Waals surface area contributed by atoms with Crippen LogP contribution in [-0.4, -0.2) is 10.1 Å². The van der Waals surface area contributed by atoms with Gasteiger partial charge in [0.25, 0.3) is 0 Å². The lowest BCUT2D eigenvalue weighted by atomic mass is 10.0. The van der Waals surface area contributed by atoms with Crippen molar-refractivity contribution >= 4 is 11.6 Å². The van der Waals surface area contributed by atoms with Crippen LogP contribution in [0.3, 0.4) is 0 Å². The van der Waals surface area contributed by atoms with Gasteiger partial charge >= 0.3 is 0 Å². The first kappa shape index (κ1) is 15.5. The minimum Gasteiger partial charge on any atom is -0.508 e. The highest BCUT2D eigenvalue weighted by molar-refractivity contribution is 6.33. The molecule has 4 heteroatoms. The van der Waals surface area contributed by atoms with E-state index >= 15 is 0 Å². The summed E-state index contributed by atoms with van der Waals surface area (Å²) in [6.07, 6.45) is 1.64. The Morgan fingerprint density at radius 3 is 2.40 bits per heavy atom. The molecule has 0 fully saturated rings. The second-order valence-corrected chi connectivity index (χ2v) is 6.04. The average Bonchev–Trinajstić information content (AvgIpc) is 3.16. The zero-order valence-corrected chi connectivity index (χ0v) is 13.9. The van der Waals surface area contributed by atoms with Crippen LogP contribution < -0.4 is 0 Å². The first-order chi connectivity index (χ1) is 12.2. The van der Waals surface area contributed by atoms with Crippen LogP contribution in [0.25, 0.3) is 33.8 Å². The van der Waals surface area contributed by atoms with E-state index in [1.165, 1.54) is 0 Å². The van der Waals surface area contributed by atoms with Crippen LogP contribution in [0.2, 0.25) is 5.02 Å². The predicted octanol–water partition coefficient (Wildman–Crippen LogP) is 6.03. The minimum absolute atomic E-state index is 0.196. The maximum absolute atomic E-state index is 9.79. The third-order valence-electron chi connectivity index (χ3n) is 3.92. The number of benzene rings is 2. The number of hydrogen-bond donors (Lipinski definition) is 1. The van der Waals surface area contributed by atoms with E-state index in [2.05, 4.69) is 0 Å². The standard InChI is InChI=1S/C21H14ClNO2/c22-18-8-2-1-7-17(18)20-13-15(21-9-4-10-25-21)12-19(23-20)14-5-3-6-16(24)11-14/h1-13,24H. The number of furan rings is 1. The van der Waals surface area contributed by atoms with Crippen LogP contribution in [0.5, 0.6) is 5.75 Å². The topological polar surface area (TPSA) is 46.3 Å². The molecule has 0 saturated heterocycles. The molecule has 0 aliphatic rings. The molecule has 0 saturated carbocycles. The van der Waals surface area contributed by atoms with Crippen LogP contribution in [0.1, 0.15) is 0 Å². The number of nitrogens with zero attached hydrogens (tertiary/aromatic N) is 1. The molecule has 0 spiro atoms. The Morgan fingerprint density at radius 1 is 0.800 bits per heavy atom. The van der Waals surface area contributed by atoms with Crippen molar-refractivity contribution in [3.63, 3.8) is 0 Å². The van der Waals surface area contributed by atoms with Crippen LogP contribution in [0.4, 0.5) is 0 Å². The number of phenolic OH excluding ortho intramolecular Hbond substituents is 1. The summed E-state index contributed by atoms with van der Waals surface area (Å²) in [5, 5.41) is 10.4. The summed E-state index contributed by atoms with van der Waals surface area (Å²) in [4.78, 5) is 4.75. The molecule has 0 aliphatic heterocycles. The summed E-state index contributed by atoms with van der Waals surface area (Å²) in [5.74, 6) is 0.944. The zero-order valence-electron chi connectivity index (χ0n) is 13.2. The molecular weight excluding hydrogens is 334 g/mol. The Balaban J connectivity index is 1.94. The van der Waals surface area contributed by atoms with Crippen LogP contribution in [-0.2, 0) is 0 Å². The van der Waals surface area contributed by atoms with Gasteiger partial charge in [-0.15, -0.1) is 0 Å². The molecule has 0 amide bonds. The van der Waals surface area contributed by atoms with Crippen molar-refractivity contribution in [2.75, 3.05) is 0 Å². The molecule has 0 atom stereocenters. The summed E-state index contributed by atoms with van der Waals surface area (Å²) in [7, 11) is 0. The Labute approximate surface area is 150 Å². The second kappa shape index (κ2) is 6.46. The molecule has 25 heavy (non-hydrogen) atoms. The van der Waals surface area contributed by atoms with E-state index < -0.39 is 0 Å². The molecule has 4 aromatic rings.